The van der Waals surface area contributed by atoms with Gasteiger partial charge in [0.15, 0.2) is 0 Å². The van der Waals surface area contributed by atoms with Gasteiger partial charge in [0.1, 0.15) is 11.4 Å². The Morgan fingerprint density at radius 2 is 1.95 bits per heavy atom. The number of nitrogens with two attached hydrogens (primary N) is 1. The van der Waals surface area contributed by atoms with Crippen LogP contribution in [0.15, 0.2) is 23.1 Å². The van der Waals surface area contributed by atoms with E-state index in [1.807, 2.05) is 46.8 Å². The molecule has 1 aromatic carbocycles. The van der Waals surface area contributed by atoms with Crippen LogP contribution < -0.4 is 10.5 Å². The molecule has 0 heterocycles. The van der Waals surface area contributed by atoms with E-state index in [1.54, 1.807) is 6.07 Å². The first-order valence-electron chi connectivity index (χ1n) is 6.57. The summed E-state index contributed by atoms with van der Waals surface area (Å²) >= 11 is 1.39. The number of hydrogen-bond donors (Lipinski definition) is 1. The fourth-order valence-electron chi connectivity index (χ4n) is 1.53. The maximum Gasteiger partial charge on any atom is 0.316 e. The van der Waals surface area contributed by atoms with Gasteiger partial charge in [0.05, 0.1) is 11.9 Å². The van der Waals surface area contributed by atoms with Crippen molar-refractivity contribution < 1.29 is 14.3 Å². The van der Waals surface area contributed by atoms with Gasteiger partial charge in [-0.25, -0.2) is 0 Å². The Morgan fingerprint density at radius 3 is 2.50 bits per heavy atom. The third-order valence-corrected chi connectivity index (χ3v) is 3.00. The van der Waals surface area contributed by atoms with E-state index in [1.165, 1.54) is 11.8 Å². The van der Waals surface area contributed by atoms with Gasteiger partial charge >= 0.3 is 5.97 Å². The van der Waals surface area contributed by atoms with E-state index in [0.717, 1.165) is 4.90 Å². The molecule has 112 valence electrons. The quantitative estimate of drug-likeness (QED) is 0.512. The molecule has 0 fully saturated rings. The van der Waals surface area contributed by atoms with Crippen LogP contribution in [0.3, 0.4) is 0 Å². The molecule has 0 bridgehead atoms. The summed E-state index contributed by atoms with van der Waals surface area (Å²) in [6.45, 7) is 9.47. The molecular formula is C15H23NO3S. The fourth-order valence-corrected chi connectivity index (χ4v) is 2.29. The van der Waals surface area contributed by atoms with Gasteiger partial charge in [-0.05, 0) is 46.8 Å². The van der Waals surface area contributed by atoms with Crippen LogP contribution in [-0.2, 0) is 9.53 Å². The summed E-state index contributed by atoms with van der Waals surface area (Å²) in [6.07, 6.45) is 0.0838. The van der Waals surface area contributed by atoms with Crippen LogP contribution in [0.4, 0.5) is 5.69 Å². The molecule has 5 heteroatoms. The molecule has 2 N–H and O–H groups in total. The lowest BCUT2D eigenvalue weighted by Crippen LogP contribution is -2.24. The second-order valence-electron chi connectivity index (χ2n) is 5.78. The first-order valence-corrected chi connectivity index (χ1v) is 7.56. The van der Waals surface area contributed by atoms with Gasteiger partial charge in [-0.15, -0.1) is 11.8 Å². The van der Waals surface area contributed by atoms with Crippen LogP contribution in [-0.4, -0.2) is 23.4 Å². The lowest BCUT2D eigenvalue weighted by atomic mass is 10.2. The molecule has 0 aromatic heterocycles. The SMILES string of the molecule is CC(C)Oc1cc(N)cc(SCC(=O)OC(C)(C)C)c1. The van der Waals surface area contributed by atoms with Gasteiger partial charge < -0.3 is 15.2 Å². The number of thioether (sulfide) groups is 1. The monoisotopic (exact) mass is 297 g/mol. The van der Waals surface area contributed by atoms with Crippen LogP contribution in [0.1, 0.15) is 34.6 Å². The first kappa shape index (κ1) is 16.7. The highest BCUT2D eigenvalue weighted by Crippen LogP contribution is 2.27. The molecule has 0 spiro atoms. The molecule has 0 unspecified atom stereocenters. The Hall–Kier alpha value is -1.36. The van der Waals surface area contributed by atoms with Crippen molar-refractivity contribution in [3.05, 3.63) is 18.2 Å². The van der Waals surface area contributed by atoms with Crippen molar-refractivity contribution in [3.8, 4) is 5.75 Å². The minimum Gasteiger partial charge on any atom is -0.491 e. The molecule has 0 amide bonds. The number of hydrogen-bond acceptors (Lipinski definition) is 5. The summed E-state index contributed by atoms with van der Waals surface area (Å²) in [5.41, 5.74) is 5.99. The van der Waals surface area contributed by atoms with E-state index in [2.05, 4.69) is 0 Å². The van der Waals surface area contributed by atoms with Crippen LogP contribution in [0.2, 0.25) is 0 Å². The second-order valence-corrected chi connectivity index (χ2v) is 6.83. The summed E-state index contributed by atoms with van der Waals surface area (Å²) in [6, 6.07) is 5.48. The topological polar surface area (TPSA) is 61.5 Å². The van der Waals surface area contributed by atoms with Crippen molar-refractivity contribution in [2.45, 2.75) is 51.2 Å². The molecule has 0 saturated carbocycles. The molecule has 0 radical (unpaired) electrons. The van der Waals surface area contributed by atoms with Crippen LogP contribution in [0, 0.1) is 0 Å². The molecular weight excluding hydrogens is 274 g/mol. The predicted octanol–water partition coefficient (Wildman–Crippen LogP) is 3.49. The van der Waals surface area contributed by atoms with Crippen molar-refractivity contribution in [1.82, 2.24) is 0 Å². The second kappa shape index (κ2) is 6.88. The third kappa shape index (κ3) is 6.70. The van der Waals surface area contributed by atoms with E-state index < -0.39 is 5.60 Å². The van der Waals surface area contributed by atoms with Crippen molar-refractivity contribution in [3.63, 3.8) is 0 Å². The number of anilines is 1. The molecule has 0 saturated heterocycles. The molecule has 0 aliphatic heterocycles. The highest BCUT2D eigenvalue weighted by molar-refractivity contribution is 8.00. The van der Waals surface area contributed by atoms with Gasteiger partial charge in [0.25, 0.3) is 0 Å². The fraction of sp³-hybridized carbons (Fsp3) is 0.533. The zero-order valence-corrected chi connectivity index (χ0v) is 13.5. The summed E-state index contributed by atoms with van der Waals surface area (Å²) in [7, 11) is 0. The largest absolute Gasteiger partial charge is 0.491 e. The van der Waals surface area contributed by atoms with E-state index >= 15 is 0 Å². The van der Waals surface area contributed by atoms with Crippen LogP contribution in [0.5, 0.6) is 5.75 Å². The van der Waals surface area contributed by atoms with Crippen LogP contribution >= 0.6 is 11.8 Å². The van der Waals surface area contributed by atoms with Crippen LogP contribution in [0.25, 0.3) is 0 Å². The Bertz CT molecular complexity index is 467. The Morgan fingerprint density at radius 1 is 1.30 bits per heavy atom. The Kier molecular flexibility index (Phi) is 5.74. The highest BCUT2D eigenvalue weighted by Gasteiger charge is 2.16. The molecule has 0 aliphatic rings. The van der Waals surface area contributed by atoms with Crippen molar-refractivity contribution in [1.29, 1.82) is 0 Å². The van der Waals surface area contributed by atoms with E-state index in [9.17, 15) is 4.79 Å². The van der Waals surface area contributed by atoms with Crippen molar-refractivity contribution in [2.24, 2.45) is 0 Å². The maximum atomic E-state index is 11.7. The minimum absolute atomic E-state index is 0.0838. The number of benzene rings is 1. The average Bonchev–Trinajstić information content (AvgIpc) is 2.22. The zero-order chi connectivity index (χ0) is 15.3. The van der Waals surface area contributed by atoms with E-state index in [4.69, 9.17) is 15.2 Å². The van der Waals surface area contributed by atoms with Gasteiger partial charge in [-0.3, -0.25) is 4.79 Å². The zero-order valence-electron chi connectivity index (χ0n) is 12.7. The normalized spacial score (nSPS) is 11.5. The van der Waals surface area contributed by atoms with E-state index in [-0.39, 0.29) is 17.8 Å². The number of esters is 1. The van der Waals surface area contributed by atoms with Gasteiger partial charge in [-0.2, -0.15) is 0 Å². The van der Waals surface area contributed by atoms with Gasteiger partial charge in [0.2, 0.25) is 0 Å². The predicted molar refractivity (Wildman–Crippen MR) is 83.2 cm³/mol. The molecule has 20 heavy (non-hydrogen) atoms. The van der Waals surface area contributed by atoms with Crippen molar-refractivity contribution >= 4 is 23.4 Å². The number of nitrogen functional groups attached to an aromatic ring is 1. The van der Waals surface area contributed by atoms with Gasteiger partial charge in [0, 0.05) is 16.6 Å². The summed E-state index contributed by atoms with van der Waals surface area (Å²) in [5, 5.41) is 0. The molecule has 4 nitrogen and oxygen atoms in total. The molecule has 0 aliphatic carbocycles. The minimum atomic E-state index is -0.459. The maximum absolute atomic E-state index is 11.7. The van der Waals surface area contributed by atoms with E-state index in [0.29, 0.717) is 11.4 Å². The average molecular weight is 297 g/mol. The number of carbonyl (C=O) groups is 1. The lowest BCUT2D eigenvalue weighted by molar-refractivity contribution is -0.151. The summed E-state index contributed by atoms with van der Waals surface area (Å²) in [4.78, 5) is 12.6. The number of rotatable bonds is 5. The molecule has 1 aromatic rings. The smallest absolute Gasteiger partial charge is 0.316 e. The molecule has 1 rings (SSSR count). The number of carbonyl (C=O) groups excluding carboxylic acids is 1. The summed E-state index contributed by atoms with van der Waals surface area (Å²) < 4.78 is 10.9. The van der Waals surface area contributed by atoms with Crippen molar-refractivity contribution in [2.75, 3.05) is 11.5 Å². The Balaban J connectivity index is 2.64. The first-order chi connectivity index (χ1) is 9.15. The highest BCUT2D eigenvalue weighted by atomic mass is 32.2. The third-order valence-electron chi connectivity index (χ3n) is 2.05. The summed E-state index contributed by atoms with van der Waals surface area (Å²) in [5.74, 6) is 0.727. The lowest BCUT2D eigenvalue weighted by Gasteiger charge is -2.19. The van der Waals surface area contributed by atoms with Gasteiger partial charge in [-0.1, -0.05) is 0 Å². The molecule has 0 atom stereocenters. The standard InChI is InChI=1S/C15H23NO3S/c1-10(2)18-12-6-11(16)7-13(8-12)20-9-14(17)19-15(3,4)5/h6-8,10H,9,16H2,1-5H3. The number of ether oxygens (including phenoxy) is 2. The Labute approximate surface area is 125 Å².